The summed E-state index contributed by atoms with van der Waals surface area (Å²) in [6.07, 6.45) is 0. The van der Waals surface area contributed by atoms with Crippen LogP contribution in [0.4, 0.5) is 0 Å². The highest BCUT2D eigenvalue weighted by Gasteiger charge is 2.19. The van der Waals surface area contributed by atoms with E-state index in [2.05, 4.69) is 11.2 Å². The number of ether oxygens (including phenoxy) is 1. The maximum absolute atomic E-state index is 5.76. The first-order valence-corrected chi connectivity index (χ1v) is 5.89. The molecular weight excluding hydrogens is 228 g/mol. The molecule has 0 saturated carbocycles. The summed E-state index contributed by atoms with van der Waals surface area (Å²) in [5.74, 6) is 1.52. The molecule has 1 aromatic carbocycles. The molecule has 2 aromatic rings. The van der Waals surface area contributed by atoms with Gasteiger partial charge in [0, 0.05) is 12.1 Å². The van der Waals surface area contributed by atoms with E-state index in [0.717, 1.165) is 33.7 Å². The molecule has 0 aliphatic carbocycles. The second-order valence-corrected chi connectivity index (χ2v) is 4.44. The van der Waals surface area contributed by atoms with E-state index in [-0.39, 0.29) is 0 Å². The van der Waals surface area contributed by atoms with E-state index in [0.29, 0.717) is 12.3 Å². The molecule has 2 N–H and O–H groups in total. The predicted molar refractivity (Wildman–Crippen MR) is 70.6 cm³/mol. The molecule has 4 nitrogen and oxygen atoms in total. The fraction of sp³-hybridized carbons (Fsp3) is 0.357. The van der Waals surface area contributed by atoms with E-state index < -0.39 is 0 Å². The summed E-state index contributed by atoms with van der Waals surface area (Å²) in [7, 11) is 1.66. The van der Waals surface area contributed by atoms with Gasteiger partial charge in [-0.15, -0.1) is 0 Å². The van der Waals surface area contributed by atoms with Crippen molar-refractivity contribution in [3.05, 3.63) is 34.5 Å². The van der Waals surface area contributed by atoms with E-state index in [4.69, 9.17) is 15.0 Å². The van der Waals surface area contributed by atoms with E-state index in [9.17, 15) is 0 Å². The molecule has 1 heterocycles. The Kier molecular flexibility index (Phi) is 3.39. The lowest BCUT2D eigenvalue weighted by atomic mass is 10.0. The second-order valence-electron chi connectivity index (χ2n) is 4.44. The highest BCUT2D eigenvalue weighted by molar-refractivity contribution is 5.71. The minimum absolute atomic E-state index is 0.404. The van der Waals surface area contributed by atoms with Crippen LogP contribution < -0.4 is 10.5 Å². The van der Waals surface area contributed by atoms with Crippen molar-refractivity contribution in [3.8, 4) is 17.1 Å². The van der Waals surface area contributed by atoms with E-state index in [1.165, 1.54) is 0 Å². The van der Waals surface area contributed by atoms with Gasteiger partial charge in [-0.3, -0.25) is 0 Å². The fourth-order valence-corrected chi connectivity index (χ4v) is 2.23. The summed E-state index contributed by atoms with van der Waals surface area (Å²) < 4.78 is 10.9. The summed E-state index contributed by atoms with van der Waals surface area (Å²) in [6, 6.07) is 4.11. The lowest BCUT2D eigenvalue weighted by Crippen LogP contribution is -2.00. The predicted octanol–water partition coefficient (Wildman–Crippen LogP) is 2.73. The van der Waals surface area contributed by atoms with Crippen molar-refractivity contribution < 1.29 is 9.26 Å². The van der Waals surface area contributed by atoms with Gasteiger partial charge in [0.1, 0.15) is 5.75 Å². The van der Waals surface area contributed by atoms with E-state index >= 15 is 0 Å². The second kappa shape index (κ2) is 4.82. The molecule has 0 amide bonds. The molecule has 2 rings (SSSR count). The molecule has 0 atom stereocenters. The maximum Gasteiger partial charge on any atom is 0.175 e. The van der Waals surface area contributed by atoms with Gasteiger partial charge in [0.2, 0.25) is 0 Å². The lowest BCUT2D eigenvalue weighted by Gasteiger charge is -2.11. The molecule has 0 aliphatic heterocycles. The van der Waals surface area contributed by atoms with Gasteiger partial charge < -0.3 is 15.0 Å². The number of hydrogen-bond acceptors (Lipinski definition) is 4. The number of aromatic nitrogens is 1. The van der Waals surface area contributed by atoms with Gasteiger partial charge >= 0.3 is 0 Å². The zero-order chi connectivity index (χ0) is 13.3. The van der Waals surface area contributed by atoms with Crippen LogP contribution in [0, 0.1) is 20.8 Å². The van der Waals surface area contributed by atoms with Crippen LogP contribution in [-0.2, 0) is 6.54 Å². The highest BCUT2D eigenvalue weighted by Crippen LogP contribution is 2.36. The Bertz CT molecular complexity index is 573. The van der Waals surface area contributed by atoms with Gasteiger partial charge in [0.05, 0.1) is 18.4 Å². The summed E-state index contributed by atoms with van der Waals surface area (Å²) in [6.45, 7) is 6.35. The summed E-state index contributed by atoms with van der Waals surface area (Å²) in [5.41, 5.74) is 10.7. The molecule has 0 radical (unpaired) electrons. The Balaban J connectivity index is 2.69. The largest absolute Gasteiger partial charge is 0.496 e. The molecule has 1 aromatic heterocycles. The number of benzene rings is 1. The lowest BCUT2D eigenvalue weighted by molar-refractivity contribution is 0.402. The average Bonchev–Trinajstić information content (AvgIpc) is 2.69. The quantitative estimate of drug-likeness (QED) is 0.904. The molecule has 0 unspecified atom stereocenters. The van der Waals surface area contributed by atoms with Crippen LogP contribution in [0.15, 0.2) is 16.7 Å². The normalized spacial score (nSPS) is 10.7. The third kappa shape index (κ3) is 1.99. The average molecular weight is 246 g/mol. The van der Waals surface area contributed by atoms with Gasteiger partial charge in [0.15, 0.2) is 5.76 Å². The molecule has 0 saturated heterocycles. The van der Waals surface area contributed by atoms with Crippen molar-refractivity contribution in [2.45, 2.75) is 27.3 Å². The van der Waals surface area contributed by atoms with Crippen LogP contribution >= 0.6 is 0 Å². The summed E-state index contributed by atoms with van der Waals surface area (Å²) >= 11 is 0. The topological polar surface area (TPSA) is 61.3 Å². The van der Waals surface area contributed by atoms with Crippen LogP contribution in [-0.4, -0.2) is 12.3 Å². The minimum Gasteiger partial charge on any atom is -0.496 e. The zero-order valence-corrected chi connectivity index (χ0v) is 11.2. The van der Waals surface area contributed by atoms with Crippen LogP contribution in [0.5, 0.6) is 5.75 Å². The first-order valence-electron chi connectivity index (χ1n) is 5.89. The van der Waals surface area contributed by atoms with Gasteiger partial charge in [-0.05, 0) is 38.0 Å². The van der Waals surface area contributed by atoms with Gasteiger partial charge in [-0.1, -0.05) is 11.2 Å². The first-order chi connectivity index (χ1) is 8.58. The van der Waals surface area contributed by atoms with Crippen LogP contribution in [0.1, 0.15) is 22.4 Å². The monoisotopic (exact) mass is 246 g/mol. The molecule has 0 aliphatic rings. The molecule has 0 spiro atoms. The molecule has 18 heavy (non-hydrogen) atoms. The zero-order valence-electron chi connectivity index (χ0n) is 11.2. The number of methoxy groups -OCH3 is 1. The molecule has 0 fully saturated rings. The molecule has 96 valence electrons. The van der Waals surface area contributed by atoms with Gasteiger partial charge in [-0.25, -0.2) is 0 Å². The number of hydrogen-bond donors (Lipinski definition) is 1. The minimum atomic E-state index is 0.404. The van der Waals surface area contributed by atoms with E-state index in [1.807, 2.05) is 26.8 Å². The SMILES string of the molecule is COc1c(C)cc(C)cc1-c1onc(C)c1CN. The number of nitrogens with zero attached hydrogens (tertiary/aromatic N) is 1. The van der Waals surface area contributed by atoms with Crippen molar-refractivity contribution >= 4 is 0 Å². The Morgan fingerprint density at radius 3 is 2.61 bits per heavy atom. The van der Waals surface area contributed by atoms with E-state index in [1.54, 1.807) is 7.11 Å². The highest BCUT2D eigenvalue weighted by atomic mass is 16.5. The maximum atomic E-state index is 5.76. The van der Waals surface area contributed by atoms with Crippen molar-refractivity contribution in [2.75, 3.05) is 7.11 Å². The smallest absolute Gasteiger partial charge is 0.175 e. The Labute approximate surface area is 107 Å². The molecule has 0 bridgehead atoms. The molecule has 4 heteroatoms. The number of rotatable bonds is 3. The summed E-state index contributed by atoms with van der Waals surface area (Å²) in [4.78, 5) is 0. The number of aryl methyl sites for hydroxylation is 3. The first kappa shape index (κ1) is 12.6. The van der Waals surface area contributed by atoms with Crippen molar-refractivity contribution in [3.63, 3.8) is 0 Å². The van der Waals surface area contributed by atoms with Crippen molar-refractivity contribution in [1.29, 1.82) is 0 Å². The van der Waals surface area contributed by atoms with Crippen molar-refractivity contribution in [2.24, 2.45) is 5.73 Å². The Hall–Kier alpha value is -1.81. The Morgan fingerprint density at radius 1 is 1.28 bits per heavy atom. The summed E-state index contributed by atoms with van der Waals surface area (Å²) in [5, 5.41) is 3.99. The third-order valence-electron chi connectivity index (χ3n) is 3.06. The van der Waals surface area contributed by atoms with Crippen LogP contribution in [0.25, 0.3) is 11.3 Å². The van der Waals surface area contributed by atoms with Crippen LogP contribution in [0.2, 0.25) is 0 Å². The van der Waals surface area contributed by atoms with Gasteiger partial charge in [0.25, 0.3) is 0 Å². The Morgan fingerprint density at radius 2 is 2.00 bits per heavy atom. The number of nitrogens with two attached hydrogens (primary N) is 1. The van der Waals surface area contributed by atoms with Gasteiger partial charge in [-0.2, -0.15) is 0 Å². The molecular formula is C14H18N2O2. The van der Waals surface area contributed by atoms with Crippen LogP contribution in [0.3, 0.4) is 0 Å². The fourth-order valence-electron chi connectivity index (χ4n) is 2.23. The van der Waals surface area contributed by atoms with Crippen molar-refractivity contribution in [1.82, 2.24) is 5.16 Å². The third-order valence-corrected chi connectivity index (χ3v) is 3.06. The standard InChI is InChI=1S/C14H18N2O2/c1-8-5-9(2)13(17-4)11(6-8)14-12(7-15)10(3)16-18-14/h5-6H,7,15H2,1-4H3.